The molecule has 2 heterocycles. The first-order valence-electron chi connectivity index (χ1n) is 4.28. The fraction of sp³-hybridized carbons (Fsp3) is 1.00. The Morgan fingerprint density at radius 1 is 1.33 bits per heavy atom. The third-order valence-electron chi connectivity index (χ3n) is 2.76. The smallest absolute Gasteiger partial charge is 0.114 e. The van der Waals surface area contributed by atoms with Crippen molar-refractivity contribution in [2.75, 3.05) is 19.8 Å². The number of rotatable bonds is 0. The van der Waals surface area contributed by atoms with E-state index in [9.17, 15) is 4.39 Å². The number of nitrogens with one attached hydrogen (secondary N) is 1. The zero-order chi connectivity index (χ0) is 7.73. The van der Waals surface area contributed by atoms with Gasteiger partial charge in [-0.05, 0) is 19.3 Å². The molecule has 1 unspecified atom stereocenters. The summed E-state index contributed by atoms with van der Waals surface area (Å²) in [7, 11) is 0. The molecule has 12 heavy (non-hydrogen) atoms. The van der Waals surface area contributed by atoms with Gasteiger partial charge in [0, 0.05) is 25.3 Å². The summed E-state index contributed by atoms with van der Waals surface area (Å²) in [6.07, 6.45) is 2.02. The Morgan fingerprint density at radius 3 is 2.50 bits per heavy atom. The molecule has 1 atom stereocenters. The molecule has 2 fully saturated rings. The van der Waals surface area contributed by atoms with Gasteiger partial charge in [0.05, 0.1) is 0 Å². The fourth-order valence-corrected chi connectivity index (χ4v) is 2.04. The first-order valence-corrected chi connectivity index (χ1v) is 4.28. The summed E-state index contributed by atoms with van der Waals surface area (Å²) < 4.78 is 18.1. The van der Waals surface area contributed by atoms with E-state index < -0.39 is 6.17 Å². The first kappa shape index (κ1) is 10.2. The second-order valence-electron chi connectivity index (χ2n) is 3.58. The van der Waals surface area contributed by atoms with Crippen molar-refractivity contribution in [1.82, 2.24) is 5.32 Å². The van der Waals surface area contributed by atoms with Crippen LogP contribution >= 0.6 is 12.4 Å². The van der Waals surface area contributed by atoms with Gasteiger partial charge in [0.15, 0.2) is 0 Å². The largest absolute Gasteiger partial charge is 0.381 e. The molecule has 2 saturated heterocycles. The van der Waals surface area contributed by atoms with Crippen LogP contribution < -0.4 is 5.32 Å². The van der Waals surface area contributed by atoms with Crippen LogP contribution in [-0.2, 0) is 4.74 Å². The Hall–Kier alpha value is 0.140. The van der Waals surface area contributed by atoms with Crippen LogP contribution in [0.1, 0.15) is 19.3 Å². The molecule has 0 saturated carbocycles. The first-order chi connectivity index (χ1) is 5.31. The van der Waals surface area contributed by atoms with E-state index in [1.807, 2.05) is 0 Å². The molecule has 0 aromatic carbocycles. The van der Waals surface area contributed by atoms with E-state index in [1.54, 1.807) is 0 Å². The van der Waals surface area contributed by atoms with Gasteiger partial charge >= 0.3 is 0 Å². The van der Waals surface area contributed by atoms with E-state index in [0.29, 0.717) is 13.0 Å². The molecule has 0 radical (unpaired) electrons. The molecule has 2 aliphatic rings. The minimum absolute atomic E-state index is 0. The Balaban J connectivity index is 0.000000720. The van der Waals surface area contributed by atoms with Gasteiger partial charge in [0.2, 0.25) is 0 Å². The van der Waals surface area contributed by atoms with Gasteiger partial charge in [-0.25, -0.2) is 4.39 Å². The van der Waals surface area contributed by atoms with Crippen molar-refractivity contribution in [3.8, 4) is 0 Å². The molecule has 0 amide bonds. The maximum atomic E-state index is 12.8. The average Bonchev–Trinajstić information content (AvgIpc) is 2.34. The quantitative estimate of drug-likeness (QED) is 0.629. The van der Waals surface area contributed by atoms with E-state index in [0.717, 1.165) is 26.1 Å². The summed E-state index contributed by atoms with van der Waals surface area (Å²) in [6, 6.07) is 0. The Kier molecular flexibility index (Phi) is 3.32. The lowest BCUT2D eigenvalue weighted by Gasteiger charge is -2.33. The molecule has 2 aliphatic heterocycles. The number of halogens is 2. The van der Waals surface area contributed by atoms with Crippen molar-refractivity contribution < 1.29 is 9.13 Å². The summed E-state index contributed by atoms with van der Waals surface area (Å²) in [6.45, 7) is 2.12. The third-order valence-corrected chi connectivity index (χ3v) is 2.76. The maximum absolute atomic E-state index is 12.8. The van der Waals surface area contributed by atoms with Crippen LogP contribution in [0.15, 0.2) is 0 Å². The minimum atomic E-state index is -0.631. The van der Waals surface area contributed by atoms with Gasteiger partial charge in [-0.2, -0.15) is 0 Å². The molecular weight excluding hydrogens is 181 g/mol. The highest BCUT2D eigenvalue weighted by atomic mass is 35.5. The van der Waals surface area contributed by atoms with Crippen molar-refractivity contribution in [3.63, 3.8) is 0 Å². The van der Waals surface area contributed by atoms with Gasteiger partial charge in [-0.15, -0.1) is 12.4 Å². The fourth-order valence-electron chi connectivity index (χ4n) is 2.04. The minimum Gasteiger partial charge on any atom is -0.381 e. The number of ether oxygens (including phenoxy) is 1. The lowest BCUT2D eigenvalue weighted by Crippen LogP contribution is -2.44. The monoisotopic (exact) mass is 195 g/mol. The number of alkyl halides is 1. The number of hydrogen-bond acceptors (Lipinski definition) is 2. The van der Waals surface area contributed by atoms with Crippen LogP contribution in [0.2, 0.25) is 0 Å². The molecule has 0 bridgehead atoms. The van der Waals surface area contributed by atoms with Crippen LogP contribution in [0.25, 0.3) is 0 Å². The van der Waals surface area contributed by atoms with E-state index in [4.69, 9.17) is 4.74 Å². The standard InChI is InChI=1S/C8H14FNO.ClH/c9-7-5-8(10-6-7)1-3-11-4-2-8;/h7,10H,1-6H2;1H. The van der Waals surface area contributed by atoms with Gasteiger partial charge in [0.1, 0.15) is 6.17 Å². The molecule has 72 valence electrons. The molecule has 0 aliphatic carbocycles. The van der Waals surface area contributed by atoms with Crippen LogP contribution in [-0.4, -0.2) is 31.5 Å². The van der Waals surface area contributed by atoms with Crippen LogP contribution in [0, 0.1) is 0 Å². The van der Waals surface area contributed by atoms with Gasteiger partial charge in [-0.3, -0.25) is 0 Å². The average molecular weight is 196 g/mol. The van der Waals surface area contributed by atoms with Crippen molar-refractivity contribution in [2.24, 2.45) is 0 Å². The van der Waals surface area contributed by atoms with E-state index in [2.05, 4.69) is 5.32 Å². The highest BCUT2D eigenvalue weighted by Crippen LogP contribution is 2.30. The predicted octanol–water partition coefficient (Wildman–Crippen LogP) is 1.29. The molecule has 2 nitrogen and oxygen atoms in total. The van der Waals surface area contributed by atoms with Gasteiger partial charge < -0.3 is 10.1 Å². The Bertz CT molecular complexity index is 144. The van der Waals surface area contributed by atoms with E-state index in [1.165, 1.54) is 0 Å². The van der Waals surface area contributed by atoms with Crippen molar-refractivity contribution in [3.05, 3.63) is 0 Å². The molecule has 4 heteroatoms. The SMILES string of the molecule is Cl.FC1CNC2(CCOCC2)C1. The molecule has 0 aromatic rings. The Morgan fingerprint density at radius 2 is 2.00 bits per heavy atom. The molecule has 0 aromatic heterocycles. The van der Waals surface area contributed by atoms with Gasteiger partial charge in [0.25, 0.3) is 0 Å². The topological polar surface area (TPSA) is 21.3 Å². The maximum Gasteiger partial charge on any atom is 0.114 e. The molecular formula is C8H15ClFNO. The zero-order valence-corrected chi connectivity index (χ0v) is 7.83. The van der Waals surface area contributed by atoms with Crippen molar-refractivity contribution >= 4 is 12.4 Å². The second-order valence-corrected chi connectivity index (χ2v) is 3.58. The van der Waals surface area contributed by atoms with Crippen LogP contribution in [0.4, 0.5) is 4.39 Å². The van der Waals surface area contributed by atoms with Crippen LogP contribution in [0.3, 0.4) is 0 Å². The highest BCUT2D eigenvalue weighted by molar-refractivity contribution is 5.85. The third kappa shape index (κ3) is 1.90. The van der Waals surface area contributed by atoms with E-state index in [-0.39, 0.29) is 17.9 Å². The summed E-state index contributed by atoms with van der Waals surface area (Å²) in [5.41, 5.74) is 0.0949. The summed E-state index contributed by atoms with van der Waals surface area (Å²) >= 11 is 0. The second kappa shape index (κ2) is 3.90. The molecule has 1 N–H and O–H groups in total. The normalized spacial score (nSPS) is 33.2. The highest BCUT2D eigenvalue weighted by Gasteiger charge is 2.39. The van der Waals surface area contributed by atoms with E-state index >= 15 is 0 Å². The molecule has 1 spiro atoms. The van der Waals surface area contributed by atoms with Crippen molar-refractivity contribution in [2.45, 2.75) is 31.0 Å². The van der Waals surface area contributed by atoms with Gasteiger partial charge in [-0.1, -0.05) is 0 Å². The van der Waals surface area contributed by atoms with Crippen LogP contribution in [0.5, 0.6) is 0 Å². The lowest BCUT2D eigenvalue weighted by atomic mass is 9.88. The van der Waals surface area contributed by atoms with Crippen molar-refractivity contribution in [1.29, 1.82) is 0 Å². The summed E-state index contributed by atoms with van der Waals surface area (Å²) in [5, 5.41) is 3.27. The zero-order valence-electron chi connectivity index (χ0n) is 7.01. The molecule has 2 rings (SSSR count). The number of hydrogen-bond donors (Lipinski definition) is 1. The summed E-state index contributed by atoms with van der Waals surface area (Å²) in [5.74, 6) is 0. The lowest BCUT2D eigenvalue weighted by molar-refractivity contribution is 0.0438. The summed E-state index contributed by atoms with van der Waals surface area (Å²) in [4.78, 5) is 0. The Labute approximate surface area is 78.3 Å². The predicted molar refractivity (Wildman–Crippen MR) is 47.5 cm³/mol.